The number of thiol groups is 1. The van der Waals surface area contributed by atoms with Gasteiger partial charge in [0.2, 0.25) is 47.3 Å². The molecule has 8 amide bonds. The van der Waals surface area contributed by atoms with Gasteiger partial charge < -0.3 is 73.0 Å². The summed E-state index contributed by atoms with van der Waals surface area (Å²) in [6.45, 7) is 6.68. The number of amides is 8. The van der Waals surface area contributed by atoms with Gasteiger partial charge in [-0.3, -0.25) is 47.9 Å². The molecule has 2 rings (SSSR count). The van der Waals surface area contributed by atoms with E-state index in [1.807, 2.05) is 5.32 Å². The van der Waals surface area contributed by atoms with Crippen LogP contribution < -0.4 is 37.6 Å². The average Bonchev–Trinajstić information content (AvgIpc) is 3.89. The number of likely N-dealkylation sites (tertiary alicyclic amines) is 2. The lowest BCUT2D eigenvalue weighted by molar-refractivity contribution is -0.147. The van der Waals surface area contributed by atoms with E-state index in [1.54, 1.807) is 13.8 Å². The Bertz CT molecular complexity index is 1750. The maximum absolute atomic E-state index is 13.9. The molecule has 0 aromatic carbocycles. The molecule has 2 aliphatic heterocycles. The molecule has 63 heavy (non-hydrogen) atoms. The molecular weight excluding hydrogens is 859 g/mol. The third kappa shape index (κ3) is 15.3. The quantitative estimate of drug-likeness (QED) is 0.0426. The summed E-state index contributed by atoms with van der Waals surface area (Å²) < 4.78 is 0. The fraction of sp³-hybridized carbons (Fsp3) is 0.703. The van der Waals surface area contributed by atoms with E-state index in [0.717, 1.165) is 11.8 Å². The van der Waals surface area contributed by atoms with Crippen LogP contribution in [0.15, 0.2) is 0 Å². The Hall–Kier alpha value is -5.60. The number of nitrogens with two attached hydrogens (primary N) is 1. The largest absolute Gasteiger partial charge is 0.481 e. The van der Waals surface area contributed by atoms with Gasteiger partial charge in [0.05, 0.1) is 31.1 Å². The number of hydrogen-bond acceptors (Lipinski definition) is 15. The van der Waals surface area contributed by atoms with E-state index in [-0.39, 0.29) is 38.1 Å². The molecule has 0 aliphatic carbocycles. The van der Waals surface area contributed by atoms with Crippen LogP contribution in [0.25, 0.3) is 0 Å². The number of carbonyl (C=O) groups excluding carboxylic acids is 8. The van der Waals surface area contributed by atoms with Gasteiger partial charge in [-0.1, -0.05) is 13.8 Å². The van der Waals surface area contributed by atoms with E-state index in [4.69, 9.17) is 5.73 Å². The van der Waals surface area contributed by atoms with Gasteiger partial charge in [-0.15, -0.1) is 0 Å². The topological polar surface area (TPSA) is 394 Å². The summed E-state index contributed by atoms with van der Waals surface area (Å²) in [4.78, 5) is 143. The number of rotatable bonds is 23. The molecular formula is C37H59N9O16S. The van der Waals surface area contributed by atoms with Gasteiger partial charge in [0.25, 0.3) is 0 Å². The van der Waals surface area contributed by atoms with Gasteiger partial charge >= 0.3 is 17.9 Å². The monoisotopic (exact) mass is 917 g/mol. The summed E-state index contributed by atoms with van der Waals surface area (Å²) in [5.41, 5.74) is 5.61. The number of carboxylic acid groups (broad SMARTS) is 3. The molecule has 0 saturated carbocycles. The predicted molar refractivity (Wildman–Crippen MR) is 219 cm³/mol. The van der Waals surface area contributed by atoms with E-state index in [0.29, 0.717) is 6.42 Å². The zero-order valence-electron chi connectivity index (χ0n) is 35.4. The second-order valence-corrected chi connectivity index (χ2v) is 16.1. The minimum atomic E-state index is -1.84. The zero-order valence-corrected chi connectivity index (χ0v) is 36.3. The first-order valence-electron chi connectivity index (χ1n) is 20.1. The Kier molecular flexibility index (Phi) is 20.6. The molecule has 0 aromatic rings. The van der Waals surface area contributed by atoms with E-state index in [2.05, 4.69) is 39.2 Å². The van der Waals surface area contributed by atoms with Crippen molar-refractivity contribution in [1.82, 2.24) is 41.7 Å². The smallest absolute Gasteiger partial charge is 0.328 e. The number of carboxylic acids is 3. The fourth-order valence-corrected chi connectivity index (χ4v) is 7.03. The van der Waals surface area contributed by atoms with E-state index >= 15 is 0 Å². The highest BCUT2D eigenvalue weighted by Gasteiger charge is 2.43. The SMILES string of the molecule is CC(C)[C@H](NC(=O)[C@@H]1CCCN1C(=O)[C@H](C)NC(=O)[C@H](CC(=O)O)NC(=O)[C@@H](N)CS)C(=O)N[C@H](C(=O)N1CCC[C@H]1C(=O)N[C@@H](CC(=O)O)C(=O)N[C@H](C(=O)O)[C@@H](C)O)[C@@H](C)O. The molecule has 0 bridgehead atoms. The lowest BCUT2D eigenvalue weighted by Gasteiger charge is -2.33. The van der Waals surface area contributed by atoms with Crippen molar-refractivity contribution < 1.29 is 78.3 Å². The number of aliphatic hydroxyl groups excluding tert-OH is 2. The number of nitrogens with one attached hydrogen (secondary N) is 6. The van der Waals surface area contributed by atoms with Crippen molar-refractivity contribution in [1.29, 1.82) is 0 Å². The number of nitrogens with zero attached hydrogens (tertiary/aromatic N) is 2. The summed E-state index contributed by atoms with van der Waals surface area (Å²) in [5, 5.41) is 62.1. The molecule has 0 spiro atoms. The summed E-state index contributed by atoms with van der Waals surface area (Å²) in [6.07, 6.45) is -4.26. The first kappa shape index (κ1) is 53.5. The number of aliphatic hydroxyl groups is 2. The number of aliphatic carboxylic acids is 3. The highest BCUT2D eigenvalue weighted by atomic mass is 32.1. The van der Waals surface area contributed by atoms with E-state index in [1.165, 1.54) is 18.7 Å². The van der Waals surface area contributed by atoms with E-state index in [9.17, 15) is 78.3 Å². The van der Waals surface area contributed by atoms with Crippen molar-refractivity contribution >= 4 is 77.8 Å². The van der Waals surface area contributed by atoms with Crippen LogP contribution in [-0.2, 0) is 52.7 Å². The van der Waals surface area contributed by atoms with Gasteiger partial charge in [-0.2, -0.15) is 12.6 Å². The van der Waals surface area contributed by atoms with Crippen LogP contribution in [0.1, 0.15) is 73.1 Å². The molecule has 0 unspecified atom stereocenters. The molecule has 11 atom stereocenters. The van der Waals surface area contributed by atoms with Gasteiger partial charge in [0.1, 0.15) is 42.3 Å². The van der Waals surface area contributed by atoms with Crippen molar-refractivity contribution in [2.75, 3.05) is 18.8 Å². The van der Waals surface area contributed by atoms with Crippen molar-refractivity contribution in [3.8, 4) is 0 Å². The summed E-state index contributed by atoms with van der Waals surface area (Å²) in [5.74, 6) is -12.8. The van der Waals surface area contributed by atoms with Crippen LogP contribution in [0.3, 0.4) is 0 Å². The first-order valence-corrected chi connectivity index (χ1v) is 20.8. The van der Waals surface area contributed by atoms with Crippen LogP contribution in [0, 0.1) is 5.92 Å². The van der Waals surface area contributed by atoms with Crippen LogP contribution >= 0.6 is 12.6 Å². The minimum absolute atomic E-state index is 0.0130. The number of carbonyl (C=O) groups is 11. The third-order valence-electron chi connectivity index (χ3n) is 10.3. The van der Waals surface area contributed by atoms with Crippen molar-refractivity contribution in [3.05, 3.63) is 0 Å². The Balaban J connectivity index is 2.20. The van der Waals surface area contributed by atoms with Gasteiger partial charge in [0, 0.05) is 18.8 Å². The molecule has 2 saturated heterocycles. The predicted octanol–water partition coefficient (Wildman–Crippen LogP) is -5.39. The summed E-state index contributed by atoms with van der Waals surface area (Å²) >= 11 is 3.91. The summed E-state index contributed by atoms with van der Waals surface area (Å²) in [7, 11) is 0. The molecule has 13 N–H and O–H groups in total. The highest BCUT2D eigenvalue weighted by Crippen LogP contribution is 2.22. The molecule has 2 aliphatic rings. The van der Waals surface area contributed by atoms with Crippen molar-refractivity contribution in [2.45, 2.75) is 140 Å². The van der Waals surface area contributed by atoms with Gasteiger partial charge in [-0.25, -0.2) is 4.79 Å². The van der Waals surface area contributed by atoms with Gasteiger partial charge in [0.15, 0.2) is 6.04 Å². The maximum atomic E-state index is 13.9. The fourth-order valence-electron chi connectivity index (χ4n) is 6.87. The average molecular weight is 918 g/mol. The molecule has 25 nitrogen and oxygen atoms in total. The second kappa shape index (κ2) is 24.3. The Morgan fingerprint density at radius 1 is 0.587 bits per heavy atom. The van der Waals surface area contributed by atoms with E-state index < -0.39 is 151 Å². The zero-order chi connectivity index (χ0) is 48.0. The molecule has 2 fully saturated rings. The molecule has 2 heterocycles. The lowest BCUT2D eigenvalue weighted by atomic mass is 10.0. The summed E-state index contributed by atoms with van der Waals surface area (Å²) in [6, 6.07) is -13.2. The van der Waals surface area contributed by atoms with Crippen LogP contribution in [0.2, 0.25) is 0 Å². The minimum Gasteiger partial charge on any atom is -0.481 e. The van der Waals surface area contributed by atoms with Crippen molar-refractivity contribution in [2.24, 2.45) is 11.7 Å². The number of hydrogen-bond donors (Lipinski definition) is 13. The second-order valence-electron chi connectivity index (χ2n) is 15.7. The highest BCUT2D eigenvalue weighted by molar-refractivity contribution is 7.80. The molecule has 0 aromatic heterocycles. The first-order chi connectivity index (χ1) is 29.3. The molecule has 26 heteroatoms. The van der Waals surface area contributed by atoms with Crippen molar-refractivity contribution in [3.63, 3.8) is 0 Å². The Morgan fingerprint density at radius 3 is 1.48 bits per heavy atom. The van der Waals surface area contributed by atoms with Crippen LogP contribution in [0.4, 0.5) is 0 Å². The Morgan fingerprint density at radius 2 is 1.03 bits per heavy atom. The third-order valence-corrected chi connectivity index (χ3v) is 10.7. The maximum Gasteiger partial charge on any atom is 0.328 e. The standard InChI is InChI=1S/C37H59N9O16S/c1-15(2)26(42-33(57)23-9-6-10-45(23)35(59)16(3)39-30(54)20(12-24(49)50)40-29(53)19(38)14-63)34(58)43-27(17(4)47)36(60)46-11-7-8-22(46)32(56)41-21(13-25(51)52)31(55)44-28(18(5)48)37(61)62/h15-23,26-28,47-48,63H,6-14,38H2,1-5H3,(H,39,54)(H,40,53)(H,41,56)(H,42,57)(H,43,58)(H,44,55)(H,49,50)(H,51,52)(H,61,62)/t16-,17+,18+,19-,20-,21-,22-,23-,26-,27-,28-/m0/s1. The Labute approximate surface area is 367 Å². The normalized spacial score (nSPS) is 20.3. The lowest BCUT2D eigenvalue weighted by Crippen LogP contribution is -2.62. The van der Waals surface area contributed by atoms with Crippen LogP contribution in [-0.4, -0.2) is 186 Å². The molecule has 354 valence electrons. The van der Waals surface area contributed by atoms with Crippen LogP contribution in [0.5, 0.6) is 0 Å². The van der Waals surface area contributed by atoms with Gasteiger partial charge in [-0.05, 0) is 52.4 Å². The molecule has 0 radical (unpaired) electrons.